The molecule has 0 aliphatic carbocycles. The van der Waals surface area contributed by atoms with Gasteiger partial charge in [0.1, 0.15) is 0 Å². The predicted octanol–water partition coefficient (Wildman–Crippen LogP) is -0.113. The van der Waals surface area contributed by atoms with Crippen LogP contribution in [-0.4, -0.2) is 48.5 Å². The van der Waals surface area contributed by atoms with Gasteiger partial charge in [0.15, 0.2) is 0 Å². The molecule has 0 saturated carbocycles. The van der Waals surface area contributed by atoms with E-state index in [9.17, 15) is 9.90 Å². The Hall–Kier alpha value is -0.650. The summed E-state index contributed by atoms with van der Waals surface area (Å²) in [5.41, 5.74) is -0.785. The highest BCUT2D eigenvalue weighted by atomic mass is 16.5. The molecule has 1 amide bonds. The summed E-state index contributed by atoms with van der Waals surface area (Å²) in [6, 6.07) is 0. The molecule has 2 heterocycles. The van der Waals surface area contributed by atoms with Crippen LogP contribution < -0.4 is 10.6 Å². The number of nitrogens with one attached hydrogen (secondary N) is 2. The maximum absolute atomic E-state index is 12.2. The average Bonchev–Trinajstić information content (AvgIpc) is 2.83. The third-order valence-electron chi connectivity index (χ3n) is 4.36. The van der Waals surface area contributed by atoms with E-state index in [1.807, 2.05) is 20.8 Å². The van der Waals surface area contributed by atoms with E-state index in [1.165, 1.54) is 0 Å². The molecule has 2 fully saturated rings. The van der Waals surface area contributed by atoms with Crippen LogP contribution in [-0.2, 0) is 9.53 Å². The van der Waals surface area contributed by atoms with Gasteiger partial charge in [0.05, 0.1) is 23.7 Å². The summed E-state index contributed by atoms with van der Waals surface area (Å²) in [7, 11) is 0. The number of rotatable bonds is 3. The molecule has 2 aliphatic heterocycles. The fraction of sp³-hybridized carbons (Fsp3) is 0.923. The molecule has 0 aromatic heterocycles. The van der Waals surface area contributed by atoms with Crippen molar-refractivity contribution in [2.75, 3.05) is 19.6 Å². The van der Waals surface area contributed by atoms with Crippen molar-refractivity contribution in [1.82, 2.24) is 10.6 Å². The topological polar surface area (TPSA) is 70.6 Å². The number of amides is 1. The SMILES string of the molecule is CC1OC(C)C(C(=O)NCC2(O)CCNC2)C1C. The first-order valence-corrected chi connectivity index (χ1v) is 6.79. The Labute approximate surface area is 108 Å². The zero-order valence-electron chi connectivity index (χ0n) is 11.4. The summed E-state index contributed by atoms with van der Waals surface area (Å²) in [5.74, 6) is 0.106. The molecule has 0 aromatic carbocycles. The first-order chi connectivity index (χ1) is 8.43. The first-order valence-electron chi connectivity index (χ1n) is 6.79. The fourth-order valence-electron chi connectivity index (χ4n) is 2.97. The van der Waals surface area contributed by atoms with E-state index >= 15 is 0 Å². The van der Waals surface area contributed by atoms with Crippen molar-refractivity contribution in [1.29, 1.82) is 0 Å². The van der Waals surface area contributed by atoms with Crippen molar-refractivity contribution in [3.63, 3.8) is 0 Å². The molecule has 5 atom stereocenters. The lowest BCUT2D eigenvalue weighted by Gasteiger charge is -2.24. The number of hydrogen-bond acceptors (Lipinski definition) is 4. The van der Waals surface area contributed by atoms with Gasteiger partial charge < -0.3 is 20.5 Å². The van der Waals surface area contributed by atoms with Crippen LogP contribution in [0.25, 0.3) is 0 Å². The number of β-amino-alcohol motifs (C(OH)–C–C–N with tert-alkyl or cyclic N) is 1. The van der Waals surface area contributed by atoms with E-state index in [0.717, 1.165) is 6.54 Å². The number of ether oxygens (including phenoxy) is 1. The monoisotopic (exact) mass is 256 g/mol. The molecule has 5 heteroatoms. The second-order valence-electron chi connectivity index (χ2n) is 5.80. The van der Waals surface area contributed by atoms with Crippen molar-refractivity contribution in [2.24, 2.45) is 11.8 Å². The minimum absolute atomic E-state index is 0.000301. The lowest BCUT2D eigenvalue weighted by atomic mass is 9.88. The maximum atomic E-state index is 12.2. The highest BCUT2D eigenvalue weighted by Gasteiger charge is 2.42. The zero-order valence-corrected chi connectivity index (χ0v) is 11.4. The van der Waals surface area contributed by atoms with E-state index in [0.29, 0.717) is 19.5 Å². The van der Waals surface area contributed by atoms with Crippen LogP contribution in [0.4, 0.5) is 0 Å². The van der Waals surface area contributed by atoms with Crippen LogP contribution in [0.1, 0.15) is 27.2 Å². The normalized spacial score (nSPS) is 44.2. The minimum atomic E-state index is -0.785. The largest absolute Gasteiger partial charge is 0.387 e. The molecule has 5 unspecified atom stereocenters. The van der Waals surface area contributed by atoms with Gasteiger partial charge in [-0.25, -0.2) is 0 Å². The molecule has 0 aromatic rings. The Kier molecular flexibility index (Phi) is 3.94. The van der Waals surface area contributed by atoms with Gasteiger partial charge >= 0.3 is 0 Å². The molecule has 0 bridgehead atoms. The van der Waals surface area contributed by atoms with Crippen LogP contribution >= 0.6 is 0 Å². The highest BCUT2D eigenvalue weighted by Crippen LogP contribution is 2.32. The predicted molar refractivity (Wildman–Crippen MR) is 68.1 cm³/mol. The molecule has 5 nitrogen and oxygen atoms in total. The van der Waals surface area contributed by atoms with Crippen LogP contribution in [0, 0.1) is 11.8 Å². The van der Waals surface area contributed by atoms with E-state index in [4.69, 9.17) is 4.74 Å². The third kappa shape index (κ3) is 2.68. The van der Waals surface area contributed by atoms with Gasteiger partial charge in [-0.3, -0.25) is 4.79 Å². The summed E-state index contributed by atoms with van der Waals surface area (Å²) in [5, 5.41) is 16.1. The zero-order chi connectivity index (χ0) is 13.3. The van der Waals surface area contributed by atoms with Gasteiger partial charge in [0.25, 0.3) is 0 Å². The van der Waals surface area contributed by atoms with Crippen molar-refractivity contribution >= 4 is 5.91 Å². The summed E-state index contributed by atoms with van der Waals surface area (Å²) in [6.07, 6.45) is 0.758. The number of aliphatic hydroxyl groups is 1. The summed E-state index contributed by atoms with van der Waals surface area (Å²) in [6.45, 7) is 7.67. The first kappa shape index (κ1) is 13.8. The van der Waals surface area contributed by atoms with Crippen LogP contribution in [0.2, 0.25) is 0 Å². The summed E-state index contributed by atoms with van der Waals surface area (Å²) in [4.78, 5) is 12.2. The van der Waals surface area contributed by atoms with Gasteiger partial charge in [0, 0.05) is 13.1 Å². The molecule has 2 aliphatic rings. The Morgan fingerprint density at radius 3 is 2.67 bits per heavy atom. The lowest BCUT2D eigenvalue weighted by molar-refractivity contribution is -0.128. The van der Waals surface area contributed by atoms with Gasteiger partial charge in [0.2, 0.25) is 5.91 Å². The highest BCUT2D eigenvalue weighted by molar-refractivity contribution is 5.80. The van der Waals surface area contributed by atoms with E-state index in [1.54, 1.807) is 0 Å². The van der Waals surface area contributed by atoms with Gasteiger partial charge in [-0.2, -0.15) is 0 Å². The smallest absolute Gasteiger partial charge is 0.226 e. The molecule has 104 valence electrons. The van der Waals surface area contributed by atoms with Crippen molar-refractivity contribution in [3.8, 4) is 0 Å². The molecular weight excluding hydrogens is 232 g/mol. The third-order valence-corrected chi connectivity index (χ3v) is 4.36. The van der Waals surface area contributed by atoms with Gasteiger partial charge in [-0.05, 0) is 32.7 Å². The number of hydrogen-bond donors (Lipinski definition) is 3. The van der Waals surface area contributed by atoms with Crippen LogP contribution in [0.3, 0.4) is 0 Å². The quantitative estimate of drug-likeness (QED) is 0.659. The molecule has 0 radical (unpaired) electrons. The van der Waals surface area contributed by atoms with Crippen molar-refractivity contribution < 1.29 is 14.6 Å². The Bertz CT molecular complexity index is 315. The Morgan fingerprint density at radius 1 is 1.44 bits per heavy atom. The van der Waals surface area contributed by atoms with Gasteiger partial charge in [-0.1, -0.05) is 6.92 Å². The fourth-order valence-corrected chi connectivity index (χ4v) is 2.97. The number of carbonyl (C=O) groups is 1. The standard InChI is InChI=1S/C13H24N2O3/c1-8-9(2)18-10(3)11(8)12(16)15-7-13(17)4-5-14-6-13/h8-11,14,17H,4-7H2,1-3H3,(H,15,16). The summed E-state index contributed by atoms with van der Waals surface area (Å²) >= 11 is 0. The van der Waals surface area contributed by atoms with Gasteiger partial charge in [-0.15, -0.1) is 0 Å². The molecular formula is C13H24N2O3. The molecule has 0 spiro atoms. The lowest BCUT2D eigenvalue weighted by Crippen LogP contribution is -2.47. The maximum Gasteiger partial charge on any atom is 0.226 e. The van der Waals surface area contributed by atoms with Crippen molar-refractivity contribution in [3.05, 3.63) is 0 Å². The van der Waals surface area contributed by atoms with Crippen LogP contribution in [0.15, 0.2) is 0 Å². The molecule has 2 saturated heterocycles. The molecule has 18 heavy (non-hydrogen) atoms. The minimum Gasteiger partial charge on any atom is -0.387 e. The summed E-state index contributed by atoms with van der Waals surface area (Å²) < 4.78 is 5.67. The Morgan fingerprint density at radius 2 is 2.17 bits per heavy atom. The second-order valence-corrected chi connectivity index (χ2v) is 5.80. The van der Waals surface area contributed by atoms with Crippen LogP contribution in [0.5, 0.6) is 0 Å². The van der Waals surface area contributed by atoms with E-state index in [-0.39, 0.29) is 30.0 Å². The second kappa shape index (κ2) is 5.15. The Balaban J connectivity index is 1.88. The van der Waals surface area contributed by atoms with E-state index in [2.05, 4.69) is 10.6 Å². The molecule has 3 N–H and O–H groups in total. The molecule has 2 rings (SSSR count). The average molecular weight is 256 g/mol. The number of carbonyl (C=O) groups excluding carboxylic acids is 1. The van der Waals surface area contributed by atoms with E-state index < -0.39 is 5.60 Å². The van der Waals surface area contributed by atoms with Crippen molar-refractivity contribution in [2.45, 2.75) is 45.0 Å².